The van der Waals surface area contributed by atoms with Gasteiger partial charge in [0.1, 0.15) is 17.4 Å². The van der Waals surface area contributed by atoms with Gasteiger partial charge in [-0.3, -0.25) is 4.79 Å². The SMILES string of the molecule is CC(C)(CC(=O)/C=C/c1ccc(C(F)(F)F)cc1)C1Cc2c(ccc3ccc(=O)oc23)O1. The summed E-state index contributed by atoms with van der Waals surface area (Å²) in [5, 5.41) is 0.806. The average molecular weight is 442 g/mol. The third kappa shape index (κ3) is 4.47. The highest BCUT2D eigenvalue weighted by Crippen LogP contribution is 2.41. The molecule has 2 heterocycles. The van der Waals surface area contributed by atoms with Crippen LogP contribution in [-0.4, -0.2) is 11.9 Å². The minimum Gasteiger partial charge on any atom is -0.489 e. The van der Waals surface area contributed by atoms with Crippen molar-refractivity contribution in [2.24, 2.45) is 5.41 Å². The van der Waals surface area contributed by atoms with Gasteiger partial charge in [0.15, 0.2) is 5.78 Å². The Morgan fingerprint density at radius 3 is 2.44 bits per heavy atom. The fourth-order valence-electron chi connectivity index (χ4n) is 3.89. The molecule has 3 aromatic rings. The number of halogens is 3. The van der Waals surface area contributed by atoms with Gasteiger partial charge in [-0.25, -0.2) is 4.79 Å². The quantitative estimate of drug-likeness (QED) is 0.369. The van der Waals surface area contributed by atoms with Crippen molar-refractivity contribution in [2.75, 3.05) is 0 Å². The molecule has 0 aliphatic carbocycles. The molecule has 1 aliphatic rings. The highest BCUT2D eigenvalue weighted by Gasteiger charge is 2.38. The van der Waals surface area contributed by atoms with Crippen molar-refractivity contribution in [2.45, 2.75) is 39.0 Å². The van der Waals surface area contributed by atoms with Crippen molar-refractivity contribution < 1.29 is 27.1 Å². The van der Waals surface area contributed by atoms with E-state index in [1.54, 1.807) is 6.07 Å². The molecule has 32 heavy (non-hydrogen) atoms. The van der Waals surface area contributed by atoms with Gasteiger partial charge in [0.05, 0.1) is 5.56 Å². The van der Waals surface area contributed by atoms with Crippen LogP contribution in [0.2, 0.25) is 0 Å². The number of hydrogen-bond donors (Lipinski definition) is 0. The Labute approximate surface area is 182 Å². The number of carbonyl (C=O) groups is 1. The average Bonchev–Trinajstić information content (AvgIpc) is 3.18. The molecule has 0 saturated carbocycles. The molecule has 0 amide bonds. The maximum atomic E-state index is 12.7. The fourth-order valence-corrected chi connectivity index (χ4v) is 3.89. The zero-order chi connectivity index (χ0) is 23.1. The number of fused-ring (bicyclic) bond motifs is 3. The largest absolute Gasteiger partial charge is 0.489 e. The van der Waals surface area contributed by atoms with Crippen molar-refractivity contribution in [3.8, 4) is 5.75 Å². The van der Waals surface area contributed by atoms with Crippen LogP contribution in [0.1, 0.15) is 37.0 Å². The second-order valence-electron chi connectivity index (χ2n) is 8.61. The molecule has 0 bridgehead atoms. The fraction of sp³-hybridized carbons (Fsp3) is 0.280. The van der Waals surface area contributed by atoms with Gasteiger partial charge in [-0.2, -0.15) is 13.2 Å². The number of alkyl halides is 3. The van der Waals surface area contributed by atoms with Crippen LogP contribution in [0.15, 0.2) is 63.8 Å². The summed E-state index contributed by atoms with van der Waals surface area (Å²) in [6.07, 6.45) is -1.12. The maximum Gasteiger partial charge on any atom is 0.416 e. The highest BCUT2D eigenvalue weighted by molar-refractivity contribution is 5.94. The summed E-state index contributed by atoms with van der Waals surface area (Å²) in [5.41, 5.74) is 0.130. The molecule has 1 atom stereocenters. The monoisotopic (exact) mass is 442 g/mol. The first kappa shape index (κ1) is 21.9. The van der Waals surface area contributed by atoms with Gasteiger partial charge in [0.2, 0.25) is 0 Å². The lowest BCUT2D eigenvalue weighted by Gasteiger charge is -2.29. The Hall–Kier alpha value is -3.35. The molecule has 4 rings (SSSR count). The first-order valence-corrected chi connectivity index (χ1v) is 10.1. The predicted molar refractivity (Wildman–Crippen MR) is 114 cm³/mol. The number of rotatable bonds is 5. The van der Waals surface area contributed by atoms with Crippen LogP contribution in [0.3, 0.4) is 0 Å². The number of ether oxygens (including phenoxy) is 1. The van der Waals surface area contributed by atoms with E-state index in [1.165, 1.54) is 30.4 Å². The van der Waals surface area contributed by atoms with E-state index in [1.807, 2.05) is 26.0 Å². The normalized spacial score (nSPS) is 16.3. The third-order valence-electron chi connectivity index (χ3n) is 5.71. The van der Waals surface area contributed by atoms with E-state index in [0.29, 0.717) is 23.3 Å². The first-order chi connectivity index (χ1) is 15.0. The molecule has 0 radical (unpaired) electrons. The van der Waals surface area contributed by atoms with E-state index in [9.17, 15) is 22.8 Å². The Bertz CT molecular complexity index is 1250. The Balaban J connectivity index is 1.45. The standard InChI is InChI=1S/C25H21F3O4/c1-24(2,14-18(29)10-5-15-3-8-17(9-4-15)25(26,27)28)21-13-19-20(31-21)11-6-16-7-12-22(30)32-23(16)19/h3-12,21H,13-14H2,1-2H3/b10-5+. The second-order valence-corrected chi connectivity index (χ2v) is 8.61. The lowest BCUT2D eigenvalue weighted by atomic mass is 9.79. The molecular formula is C25H21F3O4. The van der Waals surface area contributed by atoms with Gasteiger partial charge < -0.3 is 9.15 Å². The summed E-state index contributed by atoms with van der Waals surface area (Å²) in [5.74, 6) is 0.475. The van der Waals surface area contributed by atoms with Gasteiger partial charge in [-0.05, 0) is 42.0 Å². The van der Waals surface area contributed by atoms with Crippen molar-refractivity contribution in [3.05, 3.63) is 81.7 Å². The van der Waals surface area contributed by atoms with Crippen LogP contribution in [0, 0.1) is 5.41 Å². The van der Waals surface area contributed by atoms with E-state index >= 15 is 0 Å². The van der Waals surface area contributed by atoms with Crippen molar-refractivity contribution in [1.29, 1.82) is 0 Å². The summed E-state index contributed by atoms with van der Waals surface area (Å²) in [7, 11) is 0. The van der Waals surface area contributed by atoms with Gasteiger partial charge in [-0.15, -0.1) is 0 Å². The molecule has 0 spiro atoms. The molecule has 166 valence electrons. The minimum absolute atomic E-state index is 0.161. The first-order valence-electron chi connectivity index (χ1n) is 10.1. The summed E-state index contributed by atoms with van der Waals surface area (Å²) in [6.45, 7) is 3.84. The Morgan fingerprint density at radius 2 is 1.75 bits per heavy atom. The summed E-state index contributed by atoms with van der Waals surface area (Å²) < 4.78 is 49.5. The number of carbonyl (C=O) groups excluding carboxylic acids is 1. The van der Waals surface area contributed by atoms with E-state index in [2.05, 4.69) is 0 Å². The van der Waals surface area contributed by atoms with Crippen molar-refractivity contribution in [3.63, 3.8) is 0 Å². The molecule has 1 unspecified atom stereocenters. The Kier molecular flexibility index (Phi) is 5.44. The van der Waals surface area contributed by atoms with E-state index in [-0.39, 0.29) is 18.3 Å². The van der Waals surface area contributed by atoms with Crippen LogP contribution in [0.5, 0.6) is 5.75 Å². The number of ketones is 1. The third-order valence-corrected chi connectivity index (χ3v) is 5.71. The molecule has 2 aromatic carbocycles. The zero-order valence-electron chi connectivity index (χ0n) is 17.5. The molecule has 1 aromatic heterocycles. The van der Waals surface area contributed by atoms with Crippen molar-refractivity contribution in [1.82, 2.24) is 0 Å². The molecule has 0 saturated heterocycles. The predicted octanol–water partition coefficient (Wildman–Crippen LogP) is 5.81. The molecule has 1 aliphatic heterocycles. The lowest BCUT2D eigenvalue weighted by Crippen LogP contribution is -2.35. The van der Waals surface area contributed by atoms with Crippen LogP contribution < -0.4 is 10.4 Å². The maximum absolute atomic E-state index is 12.7. The second kappa shape index (κ2) is 7.97. The molecule has 0 N–H and O–H groups in total. The van der Waals surface area contributed by atoms with E-state index < -0.39 is 22.8 Å². The number of hydrogen-bond acceptors (Lipinski definition) is 4. The smallest absolute Gasteiger partial charge is 0.416 e. The Morgan fingerprint density at radius 1 is 1.06 bits per heavy atom. The molecular weight excluding hydrogens is 421 g/mol. The van der Waals surface area contributed by atoms with Crippen LogP contribution in [-0.2, 0) is 17.4 Å². The van der Waals surface area contributed by atoms with E-state index in [4.69, 9.17) is 9.15 Å². The summed E-state index contributed by atoms with van der Waals surface area (Å²) >= 11 is 0. The molecule has 7 heteroatoms. The topological polar surface area (TPSA) is 56.5 Å². The summed E-state index contributed by atoms with van der Waals surface area (Å²) in [6, 6.07) is 11.4. The number of allylic oxidation sites excluding steroid dienone is 1. The zero-order valence-corrected chi connectivity index (χ0v) is 17.5. The lowest BCUT2D eigenvalue weighted by molar-refractivity contribution is -0.137. The van der Waals surface area contributed by atoms with Crippen LogP contribution >= 0.6 is 0 Å². The highest BCUT2D eigenvalue weighted by atomic mass is 19.4. The van der Waals surface area contributed by atoms with Gasteiger partial charge in [0.25, 0.3) is 0 Å². The van der Waals surface area contributed by atoms with Crippen molar-refractivity contribution >= 4 is 22.8 Å². The molecule has 0 fully saturated rings. The van der Waals surface area contributed by atoms with Gasteiger partial charge in [0, 0.05) is 35.3 Å². The summed E-state index contributed by atoms with van der Waals surface area (Å²) in [4.78, 5) is 24.2. The van der Waals surface area contributed by atoms with Crippen LogP contribution in [0.4, 0.5) is 13.2 Å². The minimum atomic E-state index is -4.39. The van der Waals surface area contributed by atoms with E-state index in [0.717, 1.165) is 23.1 Å². The van der Waals surface area contributed by atoms with Gasteiger partial charge >= 0.3 is 11.8 Å². The van der Waals surface area contributed by atoms with Gasteiger partial charge in [-0.1, -0.05) is 32.1 Å². The molecule has 4 nitrogen and oxygen atoms in total. The van der Waals surface area contributed by atoms with Crippen LogP contribution in [0.25, 0.3) is 17.0 Å². The number of benzene rings is 2.